The lowest BCUT2D eigenvalue weighted by Crippen LogP contribution is -2.29. The van der Waals surface area contributed by atoms with Crippen molar-refractivity contribution in [3.05, 3.63) is 29.8 Å². The molecule has 3 heteroatoms. The summed E-state index contributed by atoms with van der Waals surface area (Å²) in [6, 6.07) is 8.35. The molecule has 1 nitrogen and oxygen atoms in total. The summed E-state index contributed by atoms with van der Waals surface area (Å²) in [5, 5.41) is 1.36. The van der Waals surface area contributed by atoms with Gasteiger partial charge in [0.15, 0.2) is 9.68 Å². The van der Waals surface area contributed by atoms with Crippen molar-refractivity contribution in [2.75, 3.05) is 0 Å². The van der Waals surface area contributed by atoms with Crippen LogP contribution in [0.2, 0.25) is 0 Å². The predicted molar refractivity (Wildman–Crippen MR) is 45.5 cm³/mol. The minimum atomic E-state index is 0.650. The summed E-state index contributed by atoms with van der Waals surface area (Å²) in [4.78, 5) is 0. The largest absolute Gasteiger partial charge is 0.361 e. The Kier molecular flexibility index (Phi) is 2.86. The maximum Gasteiger partial charge on any atom is 0.172 e. The van der Waals surface area contributed by atoms with Crippen molar-refractivity contribution in [2.24, 2.45) is 0 Å². The van der Waals surface area contributed by atoms with Gasteiger partial charge in [0.1, 0.15) is 10.4 Å². The third kappa shape index (κ3) is 1.80. The summed E-state index contributed by atoms with van der Waals surface area (Å²) in [7, 11) is 3.88. The van der Waals surface area contributed by atoms with Crippen LogP contribution in [0.4, 0.5) is 0 Å². The lowest BCUT2D eigenvalue weighted by molar-refractivity contribution is 1.50. The Hall–Kier alpha value is -0.386. The maximum absolute atomic E-state index is 3.23. The van der Waals surface area contributed by atoms with Gasteiger partial charge in [-0.15, -0.1) is 0 Å². The van der Waals surface area contributed by atoms with Crippen LogP contribution in [0.5, 0.6) is 0 Å². The van der Waals surface area contributed by atoms with Crippen LogP contribution in [-0.4, -0.2) is 20.1 Å². The fraction of sp³-hybridized carbons (Fsp3) is 0.143. The molecule has 0 saturated carbocycles. The molecule has 0 bridgehead atoms. The minimum Gasteiger partial charge on any atom is -0.361 e. The van der Waals surface area contributed by atoms with Crippen LogP contribution in [0.25, 0.3) is 0 Å². The number of hydrogen-bond acceptors (Lipinski definition) is 1. The molecule has 0 aliphatic heterocycles. The molecule has 0 heterocycles. The number of nitrogens with one attached hydrogen (secondary N) is 1. The number of benzene rings is 1. The summed E-state index contributed by atoms with van der Waals surface area (Å²) in [5.74, 6) is 0. The van der Waals surface area contributed by atoms with Gasteiger partial charge in [0.05, 0.1) is 0 Å². The van der Waals surface area contributed by atoms with Gasteiger partial charge >= 0.3 is 0 Å². The van der Waals surface area contributed by atoms with Gasteiger partial charge in [-0.05, 0) is 12.1 Å². The van der Waals surface area contributed by atoms with E-state index in [1.54, 1.807) is 0 Å². The Morgan fingerprint density at radius 3 is 2.70 bits per heavy atom. The molecule has 0 fully saturated rings. The van der Waals surface area contributed by atoms with Gasteiger partial charge in [0.2, 0.25) is 0 Å². The van der Waals surface area contributed by atoms with Gasteiger partial charge < -0.3 is 4.65 Å². The van der Waals surface area contributed by atoms with Gasteiger partial charge in [-0.3, -0.25) is 0 Å². The van der Waals surface area contributed by atoms with E-state index in [-0.39, 0.29) is 0 Å². The normalized spacial score (nSPS) is 9.80. The highest BCUT2D eigenvalue weighted by molar-refractivity contribution is 6.56. The minimum absolute atomic E-state index is 0.650. The average molecular weight is 162 g/mol. The molecular weight excluding hydrogens is 154 g/mol. The molecule has 0 aliphatic rings. The Morgan fingerprint density at radius 1 is 1.40 bits per heavy atom. The first-order valence-corrected chi connectivity index (χ1v) is 4.58. The summed E-state index contributed by atoms with van der Waals surface area (Å²) in [5.41, 5.74) is 1.34. The molecule has 1 rings (SSSR count). The molecule has 10 heavy (non-hydrogen) atoms. The van der Waals surface area contributed by atoms with Gasteiger partial charge in [0.25, 0.3) is 0 Å². The standard InChI is InChI=1S/C7H8NSi2/c1-6-4-2-3-5-7(6)10-8-9/h2-5,8H,1H3. The summed E-state index contributed by atoms with van der Waals surface area (Å²) < 4.78 is 2.96. The fourth-order valence-corrected chi connectivity index (χ4v) is 1.78. The monoisotopic (exact) mass is 162 g/mol. The van der Waals surface area contributed by atoms with Gasteiger partial charge in [-0.1, -0.05) is 29.8 Å². The quantitative estimate of drug-likeness (QED) is 0.600. The fourth-order valence-electron chi connectivity index (χ4n) is 0.780. The van der Waals surface area contributed by atoms with Crippen molar-refractivity contribution in [1.82, 2.24) is 4.65 Å². The molecule has 0 aromatic heterocycles. The maximum atomic E-state index is 3.23. The van der Waals surface area contributed by atoms with Crippen LogP contribution >= 0.6 is 0 Å². The number of hydrogen-bond donors (Lipinski definition) is 1. The summed E-state index contributed by atoms with van der Waals surface area (Å²) >= 11 is 0. The predicted octanol–water partition coefficient (Wildman–Crippen LogP) is -0.0874. The van der Waals surface area contributed by atoms with E-state index in [0.29, 0.717) is 9.68 Å². The molecule has 0 aliphatic carbocycles. The highest BCUT2D eigenvalue weighted by Crippen LogP contribution is 1.90. The van der Waals surface area contributed by atoms with Crippen LogP contribution in [0.1, 0.15) is 5.56 Å². The van der Waals surface area contributed by atoms with Crippen LogP contribution in [-0.2, 0) is 0 Å². The molecule has 0 saturated heterocycles. The van der Waals surface area contributed by atoms with E-state index in [0.717, 1.165) is 0 Å². The van der Waals surface area contributed by atoms with Crippen LogP contribution in [0.3, 0.4) is 0 Å². The lowest BCUT2D eigenvalue weighted by atomic mass is 10.2. The molecule has 1 aromatic rings. The molecular formula is C7H8NSi2. The van der Waals surface area contributed by atoms with Crippen molar-refractivity contribution in [3.63, 3.8) is 0 Å². The lowest BCUT2D eigenvalue weighted by Gasteiger charge is -2.00. The second-order valence-electron chi connectivity index (χ2n) is 2.06. The first-order chi connectivity index (χ1) is 4.84. The molecule has 0 unspecified atom stereocenters. The van der Waals surface area contributed by atoms with Gasteiger partial charge in [0, 0.05) is 0 Å². The van der Waals surface area contributed by atoms with E-state index in [4.69, 9.17) is 0 Å². The molecule has 1 N–H and O–H groups in total. The van der Waals surface area contributed by atoms with Crippen molar-refractivity contribution in [3.8, 4) is 0 Å². The van der Waals surface area contributed by atoms with Crippen molar-refractivity contribution < 1.29 is 0 Å². The first-order valence-electron chi connectivity index (χ1n) is 3.08. The number of rotatable bonds is 2. The van der Waals surface area contributed by atoms with Gasteiger partial charge in [-0.25, -0.2) is 0 Å². The van der Waals surface area contributed by atoms with E-state index in [1.165, 1.54) is 10.8 Å². The zero-order valence-corrected chi connectivity index (χ0v) is 7.81. The highest BCUT2D eigenvalue weighted by atomic mass is 28.3. The van der Waals surface area contributed by atoms with E-state index in [2.05, 4.69) is 46.2 Å². The molecule has 0 amide bonds. The zero-order chi connectivity index (χ0) is 7.40. The van der Waals surface area contributed by atoms with Gasteiger partial charge in [-0.2, -0.15) is 0 Å². The SMILES string of the molecule is Cc1ccccc1[Si]N[Si]. The van der Waals surface area contributed by atoms with Crippen molar-refractivity contribution >= 4 is 25.3 Å². The van der Waals surface area contributed by atoms with E-state index in [9.17, 15) is 0 Å². The van der Waals surface area contributed by atoms with Crippen LogP contribution in [0.15, 0.2) is 24.3 Å². The summed E-state index contributed by atoms with van der Waals surface area (Å²) in [6.07, 6.45) is 0. The molecule has 49 valence electrons. The van der Waals surface area contributed by atoms with Crippen molar-refractivity contribution in [1.29, 1.82) is 0 Å². The smallest absolute Gasteiger partial charge is 0.172 e. The topological polar surface area (TPSA) is 12.0 Å². The Bertz CT molecular complexity index is 213. The van der Waals surface area contributed by atoms with E-state index < -0.39 is 0 Å². The molecule has 0 spiro atoms. The highest BCUT2D eigenvalue weighted by Gasteiger charge is 1.94. The Morgan fingerprint density at radius 2 is 2.10 bits per heavy atom. The van der Waals surface area contributed by atoms with Crippen molar-refractivity contribution in [2.45, 2.75) is 6.92 Å². The van der Waals surface area contributed by atoms with Crippen LogP contribution < -0.4 is 9.83 Å². The molecule has 1 aromatic carbocycles. The second-order valence-corrected chi connectivity index (χ2v) is 3.85. The second kappa shape index (κ2) is 3.70. The third-order valence-electron chi connectivity index (χ3n) is 1.34. The summed E-state index contributed by atoms with van der Waals surface area (Å²) in [6.45, 7) is 2.12. The Labute approximate surface area is 67.3 Å². The zero-order valence-electron chi connectivity index (χ0n) is 5.81. The van der Waals surface area contributed by atoms with E-state index >= 15 is 0 Å². The molecule has 5 radical (unpaired) electrons. The van der Waals surface area contributed by atoms with E-state index in [1.807, 2.05) is 0 Å². The average Bonchev–Trinajstić information content (AvgIpc) is 1.94. The third-order valence-corrected chi connectivity index (χ3v) is 2.67. The van der Waals surface area contributed by atoms with Crippen LogP contribution in [0, 0.1) is 6.92 Å². The first kappa shape index (κ1) is 7.72. The Balaban J connectivity index is 2.81. The molecule has 0 atom stereocenters. The number of aryl methyl sites for hydroxylation is 1.